The second-order valence-corrected chi connectivity index (χ2v) is 3.72. The fourth-order valence-corrected chi connectivity index (χ4v) is 1.53. The maximum atomic E-state index is 11.9. The normalized spacial score (nSPS) is 11.2. The maximum absolute atomic E-state index is 11.9. The van der Waals surface area contributed by atoms with E-state index >= 15 is 0 Å². The van der Waals surface area contributed by atoms with Gasteiger partial charge in [-0.2, -0.15) is 4.74 Å². The Hall–Kier alpha value is -2.62. The first-order valence-corrected chi connectivity index (χ1v) is 5.36. The molecule has 0 aromatic heterocycles. The lowest BCUT2D eigenvalue weighted by molar-refractivity contribution is -0.354. The summed E-state index contributed by atoms with van der Waals surface area (Å²) in [5, 5.41) is 20.7. The van der Waals surface area contributed by atoms with Gasteiger partial charge in [0.25, 0.3) is 0 Å². The van der Waals surface area contributed by atoms with E-state index in [4.69, 9.17) is 5.11 Å². The van der Waals surface area contributed by atoms with Gasteiger partial charge in [0.2, 0.25) is 5.69 Å². The van der Waals surface area contributed by atoms with E-state index < -0.39 is 5.97 Å². The van der Waals surface area contributed by atoms with Crippen molar-refractivity contribution in [3.8, 4) is 0 Å². The van der Waals surface area contributed by atoms with Crippen LogP contribution in [0.5, 0.6) is 0 Å². The fourth-order valence-electron chi connectivity index (χ4n) is 1.53. The molecule has 18 heavy (non-hydrogen) atoms. The van der Waals surface area contributed by atoms with Crippen LogP contribution in [0.25, 0.3) is 0 Å². The fraction of sp³-hybridized carbons (Fsp3) is 0. The van der Waals surface area contributed by atoms with Crippen LogP contribution < -0.4 is 0 Å². The molecule has 0 aliphatic heterocycles. The summed E-state index contributed by atoms with van der Waals surface area (Å²) >= 11 is 0. The quantitative estimate of drug-likeness (QED) is 0.389. The molecule has 90 valence electrons. The molecule has 0 bridgehead atoms. The molecule has 0 aliphatic rings. The largest absolute Gasteiger partial charge is 0.618 e. The molecule has 0 amide bonds. The van der Waals surface area contributed by atoms with Gasteiger partial charge >= 0.3 is 5.97 Å². The van der Waals surface area contributed by atoms with Gasteiger partial charge in [0.15, 0.2) is 6.21 Å². The first kappa shape index (κ1) is 11.9. The van der Waals surface area contributed by atoms with Gasteiger partial charge in [-0.3, -0.25) is 0 Å². The molecular formula is C14H11NO3. The van der Waals surface area contributed by atoms with E-state index in [1.54, 1.807) is 24.3 Å². The summed E-state index contributed by atoms with van der Waals surface area (Å²) in [5.74, 6) is -1.05. The topological polar surface area (TPSA) is 63.4 Å². The van der Waals surface area contributed by atoms with Gasteiger partial charge in [-0.25, -0.2) is 4.79 Å². The van der Waals surface area contributed by atoms with Crippen LogP contribution in [0, 0.1) is 5.21 Å². The number of hydrogen-bond donors (Lipinski definition) is 1. The van der Waals surface area contributed by atoms with Crippen molar-refractivity contribution in [3.05, 3.63) is 70.9 Å². The zero-order valence-corrected chi connectivity index (χ0v) is 9.48. The average molecular weight is 241 g/mol. The van der Waals surface area contributed by atoms with Crippen molar-refractivity contribution in [1.29, 1.82) is 0 Å². The lowest BCUT2D eigenvalue weighted by Crippen LogP contribution is -2.01. The molecule has 4 heteroatoms. The Morgan fingerprint density at radius 3 is 2.50 bits per heavy atom. The van der Waals surface area contributed by atoms with E-state index in [1.807, 2.05) is 18.2 Å². The molecule has 0 spiro atoms. The molecule has 2 aromatic rings. The smallest absolute Gasteiger partial charge is 0.335 e. The molecule has 2 rings (SSSR count). The zero-order chi connectivity index (χ0) is 13.0. The van der Waals surface area contributed by atoms with Crippen molar-refractivity contribution >= 4 is 17.9 Å². The minimum Gasteiger partial charge on any atom is -0.618 e. The number of aromatic carboxylic acids is 1. The first-order valence-electron chi connectivity index (χ1n) is 5.36. The van der Waals surface area contributed by atoms with Crippen LogP contribution in [0.2, 0.25) is 0 Å². The minimum atomic E-state index is -1.05. The molecule has 0 radical (unpaired) electrons. The van der Waals surface area contributed by atoms with Crippen molar-refractivity contribution in [1.82, 2.24) is 0 Å². The van der Waals surface area contributed by atoms with E-state index in [0.717, 1.165) is 5.56 Å². The van der Waals surface area contributed by atoms with E-state index in [9.17, 15) is 10.0 Å². The molecule has 0 unspecified atom stereocenters. The van der Waals surface area contributed by atoms with Gasteiger partial charge in [-0.15, -0.1) is 0 Å². The highest BCUT2D eigenvalue weighted by atomic mass is 16.5. The van der Waals surface area contributed by atoms with Crippen LogP contribution in [0.1, 0.15) is 15.9 Å². The van der Waals surface area contributed by atoms with E-state index in [0.29, 0.717) is 10.4 Å². The van der Waals surface area contributed by atoms with Gasteiger partial charge < -0.3 is 10.3 Å². The van der Waals surface area contributed by atoms with E-state index in [2.05, 4.69) is 0 Å². The summed E-state index contributed by atoms with van der Waals surface area (Å²) in [6.45, 7) is 0. The van der Waals surface area contributed by atoms with E-state index in [1.165, 1.54) is 18.3 Å². The lowest BCUT2D eigenvalue weighted by atomic mass is 10.2. The third-order valence-corrected chi connectivity index (χ3v) is 2.41. The molecule has 0 aliphatic carbocycles. The van der Waals surface area contributed by atoms with Gasteiger partial charge in [0.05, 0.1) is 5.56 Å². The standard InChI is InChI=1S/C14H11NO3/c16-14(17)12-7-4-8-13(9-12)15(18)10-11-5-2-1-3-6-11/h1-10H,(H,16,17). The number of nitrogens with zero attached hydrogens (tertiary/aromatic N) is 1. The summed E-state index contributed by atoms with van der Waals surface area (Å²) in [6.07, 6.45) is 1.40. The number of hydrogen-bond acceptors (Lipinski definition) is 2. The molecule has 0 saturated carbocycles. The highest BCUT2D eigenvalue weighted by molar-refractivity contribution is 5.88. The third-order valence-electron chi connectivity index (χ3n) is 2.41. The number of carboxylic acids is 1. The maximum Gasteiger partial charge on any atom is 0.335 e. The summed E-state index contributed by atoms with van der Waals surface area (Å²) in [7, 11) is 0. The number of carboxylic acid groups (broad SMARTS) is 1. The Labute approximate surface area is 104 Å². The lowest BCUT2D eigenvalue weighted by Gasteiger charge is -2.03. The first-order chi connectivity index (χ1) is 8.66. The molecule has 1 N–H and O–H groups in total. The van der Waals surface area contributed by atoms with Crippen LogP contribution in [0.15, 0.2) is 54.6 Å². The highest BCUT2D eigenvalue weighted by Gasteiger charge is 2.07. The SMILES string of the molecule is O=C(O)c1cccc([N+]([O-])=Cc2ccccc2)c1. The van der Waals surface area contributed by atoms with Gasteiger partial charge in [0.1, 0.15) is 0 Å². The predicted molar refractivity (Wildman–Crippen MR) is 68.3 cm³/mol. The van der Waals surface area contributed by atoms with Crippen molar-refractivity contribution in [2.45, 2.75) is 0 Å². The summed E-state index contributed by atoms with van der Waals surface area (Å²) < 4.78 is 0.655. The Kier molecular flexibility index (Phi) is 3.38. The number of rotatable bonds is 3. The predicted octanol–water partition coefficient (Wildman–Crippen LogP) is 2.65. The molecule has 4 nitrogen and oxygen atoms in total. The Morgan fingerprint density at radius 1 is 1.11 bits per heavy atom. The van der Waals surface area contributed by atoms with E-state index in [-0.39, 0.29) is 5.56 Å². The van der Waals surface area contributed by atoms with Crippen molar-refractivity contribution in [2.24, 2.45) is 0 Å². The van der Waals surface area contributed by atoms with Crippen LogP contribution in [0.4, 0.5) is 5.69 Å². The molecule has 0 saturated heterocycles. The summed E-state index contributed by atoms with van der Waals surface area (Å²) in [6, 6.07) is 15.0. The molecule has 0 fully saturated rings. The van der Waals surface area contributed by atoms with Gasteiger partial charge in [0, 0.05) is 17.7 Å². The zero-order valence-electron chi connectivity index (χ0n) is 9.48. The number of carbonyl (C=O) groups is 1. The highest BCUT2D eigenvalue weighted by Crippen LogP contribution is 2.13. The second-order valence-electron chi connectivity index (χ2n) is 3.72. The number of benzene rings is 2. The molecule has 0 heterocycles. The van der Waals surface area contributed by atoms with Gasteiger partial charge in [-0.1, -0.05) is 24.3 Å². The van der Waals surface area contributed by atoms with Crippen molar-refractivity contribution in [3.63, 3.8) is 0 Å². The minimum absolute atomic E-state index is 0.0924. The van der Waals surface area contributed by atoms with Crippen LogP contribution >= 0.6 is 0 Å². The summed E-state index contributed by atoms with van der Waals surface area (Å²) in [4.78, 5) is 10.8. The van der Waals surface area contributed by atoms with Crippen molar-refractivity contribution in [2.75, 3.05) is 0 Å². The van der Waals surface area contributed by atoms with Crippen molar-refractivity contribution < 1.29 is 14.6 Å². The average Bonchev–Trinajstić information content (AvgIpc) is 2.40. The third kappa shape index (κ3) is 2.74. The molecular weight excluding hydrogens is 230 g/mol. The van der Waals surface area contributed by atoms with Crippen LogP contribution in [-0.2, 0) is 0 Å². The summed E-state index contributed by atoms with van der Waals surface area (Å²) in [5.41, 5.74) is 1.14. The second kappa shape index (κ2) is 5.14. The molecule has 0 atom stereocenters. The Bertz CT molecular complexity index is 591. The van der Waals surface area contributed by atoms with Gasteiger partial charge in [-0.05, 0) is 18.2 Å². The van der Waals surface area contributed by atoms with Crippen LogP contribution in [-0.4, -0.2) is 22.0 Å². The van der Waals surface area contributed by atoms with Crippen LogP contribution in [0.3, 0.4) is 0 Å². The Morgan fingerprint density at radius 2 is 1.83 bits per heavy atom. The molecule has 2 aromatic carbocycles. The monoisotopic (exact) mass is 241 g/mol. The Balaban J connectivity index is 2.34.